The Morgan fingerprint density at radius 1 is 0.426 bits per heavy atom. The Balaban J connectivity index is 0.000000171. The first-order valence-electron chi connectivity index (χ1n) is 34.1. The number of nitrogens with zero attached hydrogens (tertiary/aromatic N) is 6. The zero-order valence-electron chi connectivity index (χ0n) is 55.6. The highest BCUT2D eigenvalue weighted by atomic mass is 32.2. The van der Waals surface area contributed by atoms with Crippen LogP contribution in [0.1, 0.15) is 138 Å². The van der Waals surface area contributed by atoms with Gasteiger partial charge in [0.05, 0.1) is 54.8 Å². The van der Waals surface area contributed by atoms with E-state index in [1.54, 1.807) is 12.1 Å². The number of aliphatic hydroxyl groups excluding tert-OH is 1. The first-order chi connectivity index (χ1) is 45.2. The van der Waals surface area contributed by atoms with Gasteiger partial charge in [-0.05, 0) is 144 Å². The molecule has 94 heavy (non-hydrogen) atoms. The molecule has 4 fully saturated rings. The number of rotatable bonds is 19. The molecular weight excluding hydrogens is 1200 g/mol. The maximum absolute atomic E-state index is 14.6. The van der Waals surface area contributed by atoms with E-state index >= 15 is 0 Å². The van der Waals surface area contributed by atoms with Crippen LogP contribution in [0.25, 0.3) is 22.1 Å². The van der Waals surface area contributed by atoms with Gasteiger partial charge in [0.2, 0.25) is 0 Å². The van der Waals surface area contributed by atoms with Crippen molar-refractivity contribution in [1.82, 2.24) is 28.9 Å². The highest BCUT2D eigenvalue weighted by Crippen LogP contribution is 2.49. The molecule has 0 atom stereocenters. The van der Waals surface area contributed by atoms with Gasteiger partial charge in [-0.1, -0.05) is 224 Å². The van der Waals surface area contributed by atoms with Gasteiger partial charge in [0.1, 0.15) is 16.4 Å². The smallest absolute Gasteiger partial charge is 0.186 e. The number of hydrogen-bond acceptors (Lipinski definition) is 9. The minimum absolute atomic E-state index is 0.0565. The second-order valence-corrected chi connectivity index (χ2v) is 34.2. The summed E-state index contributed by atoms with van der Waals surface area (Å²) in [5.74, 6) is 3.46. The first kappa shape index (κ1) is 65.2. The molecule has 0 spiro atoms. The summed E-state index contributed by atoms with van der Waals surface area (Å²) in [6, 6.07) is 74.6. The average Bonchev–Trinajstić information content (AvgIpc) is 1.47. The molecule has 2 aliphatic heterocycles. The van der Waals surface area contributed by atoms with Crippen molar-refractivity contribution in [2.45, 2.75) is 150 Å². The third kappa shape index (κ3) is 12.8. The van der Waals surface area contributed by atoms with Crippen LogP contribution in [-0.2, 0) is 56.7 Å². The molecule has 10 aromatic rings. The van der Waals surface area contributed by atoms with Gasteiger partial charge in [-0.15, -0.1) is 0 Å². The lowest BCUT2D eigenvalue weighted by Crippen LogP contribution is -2.57. The third-order valence-electron chi connectivity index (χ3n) is 20.4. The van der Waals surface area contributed by atoms with E-state index in [4.69, 9.17) is 9.97 Å². The molecule has 1 N–H and O–H groups in total. The van der Waals surface area contributed by atoms with E-state index in [0.717, 1.165) is 76.3 Å². The van der Waals surface area contributed by atoms with Gasteiger partial charge < -0.3 is 14.2 Å². The van der Waals surface area contributed by atoms with Crippen molar-refractivity contribution >= 4 is 41.7 Å². The lowest BCUT2D eigenvalue weighted by Gasteiger charge is -2.50. The number of sulfone groups is 2. The molecule has 2 saturated heterocycles. The van der Waals surface area contributed by atoms with Crippen LogP contribution in [0.3, 0.4) is 0 Å². The Hall–Kier alpha value is -7.52. The van der Waals surface area contributed by atoms with Gasteiger partial charge in [-0.2, -0.15) is 0 Å². The van der Waals surface area contributed by atoms with Gasteiger partial charge in [0.15, 0.2) is 19.7 Å². The molecule has 2 saturated carbocycles. The minimum Gasteiger partial charge on any atom is -0.395 e. The predicted molar refractivity (Wildman–Crippen MR) is 379 cm³/mol. The molecule has 4 aliphatic rings. The lowest BCUT2D eigenvalue weighted by atomic mass is 9.74. The zero-order valence-corrected chi connectivity index (χ0v) is 57.3. The maximum Gasteiger partial charge on any atom is 0.186 e. The van der Waals surface area contributed by atoms with Crippen LogP contribution in [-0.4, -0.2) is 93.6 Å². The SMILES string of the molecule is CC(C)(C)Cc1nc2cc(S(=O)(=O)C3(CO)CCN(C(c4ccccc4)(c4ccccc4)c4ccccc4)CC3)ccc2n1CC1CC1.CC(C)(C)Cc1nc2cc(S(=O)(=O)C3CCN(C(c4ccccc4)(c4ccccc4)c4ccccc4)CC3)ccc2n1CC1CC1. The van der Waals surface area contributed by atoms with Gasteiger partial charge >= 0.3 is 0 Å². The van der Waals surface area contributed by atoms with E-state index in [1.165, 1.54) is 42.4 Å². The number of likely N-dealkylation sites (tertiary alicyclic amines) is 2. The fraction of sp³-hybridized carbons (Fsp3) is 0.383. The van der Waals surface area contributed by atoms with E-state index in [-0.39, 0.29) is 15.7 Å². The number of fused-ring (bicyclic) bond motifs is 2. The summed E-state index contributed by atoms with van der Waals surface area (Å²) in [5.41, 5.74) is 9.49. The second kappa shape index (κ2) is 26.2. The van der Waals surface area contributed by atoms with Crippen LogP contribution in [0.4, 0.5) is 0 Å². The van der Waals surface area contributed by atoms with Crippen molar-refractivity contribution in [1.29, 1.82) is 0 Å². The number of imidazole rings is 2. The quantitative estimate of drug-likeness (QED) is 0.0786. The zero-order chi connectivity index (χ0) is 65.5. The molecule has 4 heterocycles. The predicted octanol–water partition coefficient (Wildman–Crippen LogP) is 15.9. The summed E-state index contributed by atoms with van der Waals surface area (Å²) < 4.78 is 61.2. The second-order valence-electron chi connectivity index (χ2n) is 29.6. The Labute approximate surface area is 557 Å². The van der Waals surface area contributed by atoms with Crippen LogP contribution >= 0.6 is 0 Å². The van der Waals surface area contributed by atoms with Crippen molar-refractivity contribution in [3.8, 4) is 0 Å². The van der Waals surface area contributed by atoms with Crippen LogP contribution in [0.15, 0.2) is 228 Å². The molecule has 8 aromatic carbocycles. The van der Waals surface area contributed by atoms with Crippen LogP contribution in [0.5, 0.6) is 0 Å². The van der Waals surface area contributed by atoms with Crippen LogP contribution in [0.2, 0.25) is 0 Å². The highest BCUT2D eigenvalue weighted by molar-refractivity contribution is 7.93. The molecule has 488 valence electrons. The molecule has 2 aromatic heterocycles. The van der Waals surface area contributed by atoms with Crippen LogP contribution < -0.4 is 0 Å². The standard InChI is InChI=1S/C41H47N3O3S.C40H45N3O2S/c1-39(2,3)28-38-42-36-27-35(21-22-37(36)44(38)29-31-19-20-31)48(46,47)40(30-45)23-25-43(26-24-40)41(32-13-7-4-8-14-32,33-15-9-5-10-16-33)34-17-11-6-12-18-34;1-39(2,3)28-38-41-36-27-35(21-22-37(36)43(38)29-30-19-20-30)46(44,45)34-23-25-42(26-24-34)40(31-13-7-4-8-14-31,32-15-9-5-10-16-32)33-17-11-6-12-18-33/h4-18,21-22,27,31,45H,19-20,23-26,28-30H2,1-3H3;4-18,21-22,27,30,34H,19-20,23-26,28-29H2,1-3H3. The molecular formula is C81H92N6O5S2. The number of benzene rings is 8. The van der Waals surface area contributed by atoms with E-state index in [0.29, 0.717) is 68.6 Å². The molecule has 11 nitrogen and oxygen atoms in total. The Kier molecular flexibility index (Phi) is 18.2. The topological polar surface area (TPSA) is 131 Å². The van der Waals surface area contributed by atoms with Crippen molar-refractivity contribution in [2.75, 3.05) is 32.8 Å². The third-order valence-corrected chi connectivity index (χ3v) is 25.2. The van der Waals surface area contributed by atoms with Gasteiger partial charge in [0.25, 0.3) is 0 Å². The van der Waals surface area contributed by atoms with Crippen LogP contribution in [0, 0.1) is 22.7 Å². The summed E-state index contributed by atoms with van der Waals surface area (Å²) >= 11 is 0. The highest BCUT2D eigenvalue weighted by Gasteiger charge is 2.52. The Bertz CT molecular complexity index is 4250. The molecule has 0 amide bonds. The largest absolute Gasteiger partial charge is 0.395 e. The number of aromatic nitrogens is 4. The monoisotopic (exact) mass is 1290 g/mol. The van der Waals surface area contributed by atoms with E-state index in [9.17, 15) is 21.9 Å². The number of piperidine rings is 2. The molecule has 13 heteroatoms. The molecule has 2 aliphatic carbocycles. The van der Waals surface area contributed by atoms with E-state index < -0.39 is 47.4 Å². The van der Waals surface area contributed by atoms with E-state index in [1.807, 2.05) is 42.5 Å². The normalized spacial score (nSPS) is 17.3. The van der Waals surface area contributed by atoms with Crippen molar-refractivity contribution in [3.05, 3.63) is 263 Å². The van der Waals surface area contributed by atoms with Gasteiger partial charge in [-0.3, -0.25) is 9.80 Å². The Morgan fingerprint density at radius 2 is 0.745 bits per heavy atom. The summed E-state index contributed by atoms with van der Waals surface area (Å²) in [6.45, 7) is 17.1. The average molecular weight is 1290 g/mol. The van der Waals surface area contributed by atoms with E-state index in [2.05, 4.69) is 224 Å². The van der Waals surface area contributed by atoms with Gasteiger partial charge in [0, 0.05) is 52.1 Å². The molecule has 0 unspecified atom stereocenters. The fourth-order valence-electron chi connectivity index (χ4n) is 15.3. The molecule has 0 bridgehead atoms. The molecule has 14 rings (SSSR count). The number of hydrogen-bond donors (Lipinski definition) is 1. The van der Waals surface area contributed by atoms with Crippen molar-refractivity contribution < 1.29 is 21.9 Å². The summed E-state index contributed by atoms with van der Waals surface area (Å²) in [5, 5.41) is 10.5. The minimum atomic E-state index is -3.90. The van der Waals surface area contributed by atoms with Crippen molar-refractivity contribution in [3.63, 3.8) is 0 Å². The first-order valence-corrected chi connectivity index (χ1v) is 37.2. The summed E-state index contributed by atoms with van der Waals surface area (Å²) in [4.78, 5) is 15.6. The molecule has 0 radical (unpaired) electrons. The van der Waals surface area contributed by atoms with Gasteiger partial charge in [-0.25, -0.2) is 26.8 Å². The Morgan fingerprint density at radius 3 is 1.06 bits per heavy atom. The summed E-state index contributed by atoms with van der Waals surface area (Å²) in [6.07, 6.45) is 8.43. The number of aliphatic hydroxyl groups is 1. The fourth-order valence-corrected chi connectivity index (χ4v) is 18.9. The summed E-state index contributed by atoms with van der Waals surface area (Å²) in [7, 11) is -7.45. The lowest BCUT2D eigenvalue weighted by molar-refractivity contribution is 0.0883. The van der Waals surface area contributed by atoms with Crippen molar-refractivity contribution in [2.24, 2.45) is 22.7 Å². The maximum atomic E-state index is 14.6.